The molecule has 1 aromatic carbocycles. The smallest absolute Gasteiger partial charge is 0.354 e. The highest BCUT2D eigenvalue weighted by atomic mass is 16.4. The van der Waals surface area contributed by atoms with E-state index in [9.17, 15) is 9.59 Å². The van der Waals surface area contributed by atoms with E-state index < -0.39 is 5.97 Å². The Balaban J connectivity index is 2.28. The normalized spacial score (nSPS) is 9.71. The van der Waals surface area contributed by atoms with Crippen LogP contribution in [0, 0.1) is 11.3 Å². The number of aromatic nitrogens is 1. The number of hydrogen-bond donors (Lipinski definition) is 1. The maximum atomic E-state index is 12.3. The Morgan fingerprint density at radius 1 is 1.24 bits per heavy atom. The standard InChI is InChI=1S/C15H11N3O3/c1-18(12-4-2-10(9-16)3-5-12)14(19)11-6-7-17-13(8-11)15(20)21/h2-8H,1H3,(H,20,21). The second-order valence-corrected chi connectivity index (χ2v) is 4.26. The van der Waals surface area contributed by atoms with E-state index in [1.807, 2.05) is 6.07 Å². The van der Waals surface area contributed by atoms with Crippen LogP contribution >= 0.6 is 0 Å². The van der Waals surface area contributed by atoms with Gasteiger partial charge in [-0.15, -0.1) is 0 Å². The van der Waals surface area contributed by atoms with Crippen LogP contribution in [-0.4, -0.2) is 29.0 Å². The highest BCUT2D eigenvalue weighted by Gasteiger charge is 2.15. The molecule has 0 fully saturated rings. The first kappa shape index (κ1) is 14.2. The second kappa shape index (κ2) is 5.84. The summed E-state index contributed by atoms with van der Waals surface area (Å²) in [5.74, 6) is -1.55. The third-order valence-corrected chi connectivity index (χ3v) is 2.91. The number of rotatable bonds is 3. The van der Waals surface area contributed by atoms with Crippen LogP contribution in [0.2, 0.25) is 0 Å². The molecule has 2 aromatic rings. The van der Waals surface area contributed by atoms with Gasteiger partial charge in [0, 0.05) is 24.5 Å². The van der Waals surface area contributed by atoms with Gasteiger partial charge in [0.25, 0.3) is 5.91 Å². The Kier molecular flexibility index (Phi) is 3.95. The summed E-state index contributed by atoms with van der Waals surface area (Å²) in [5, 5.41) is 17.6. The summed E-state index contributed by atoms with van der Waals surface area (Å²) in [4.78, 5) is 28.2. The molecule has 0 aliphatic rings. The van der Waals surface area contributed by atoms with Crippen LogP contribution < -0.4 is 4.90 Å². The average molecular weight is 281 g/mol. The van der Waals surface area contributed by atoms with Gasteiger partial charge in [-0.1, -0.05) is 0 Å². The van der Waals surface area contributed by atoms with Gasteiger partial charge in [0.05, 0.1) is 11.6 Å². The number of benzene rings is 1. The largest absolute Gasteiger partial charge is 0.477 e. The van der Waals surface area contributed by atoms with Crippen molar-refractivity contribution < 1.29 is 14.7 Å². The van der Waals surface area contributed by atoms with E-state index in [0.717, 1.165) is 0 Å². The monoisotopic (exact) mass is 281 g/mol. The van der Waals surface area contributed by atoms with E-state index >= 15 is 0 Å². The SMILES string of the molecule is CN(C(=O)c1ccnc(C(=O)O)c1)c1ccc(C#N)cc1. The summed E-state index contributed by atoms with van der Waals surface area (Å²) in [5.41, 5.74) is 1.15. The minimum atomic E-state index is -1.19. The fourth-order valence-corrected chi connectivity index (χ4v) is 1.75. The van der Waals surface area contributed by atoms with Crippen molar-refractivity contribution in [2.24, 2.45) is 0 Å². The molecule has 6 nitrogen and oxygen atoms in total. The van der Waals surface area contributed by atoms with Gasteiger partial charge in [-0.3, -0.25) is 4.79 Å². The molecule has 0 unspecified atom stereocenters. The molecular weight excluding hydrogens is 270 g/mol. The van der Waals surface area contributed by atoms with E-state index in [0.29, 0.717) is 11.3 Å². The van der Waals surface area contributed by atoms with E-state index in [4.69, 9.17) is 10.4 Å². The molecule has 104 valence electrons. The fraction of sp³-hybridized carbons (Fsp3) is 0.0667. The van der Waals surface area contributed by atoms with Crippen LogP contribution in [0.5, 0.6) is 0 Å². The maximum absolute atomic E-state index is 12.3. The van der Waals surface area contributed by atoms with Gasteiger partial charge in [0.1, 0.15) is 5.69 Å². The first-order valence-electron chi connectivity index (χ1n) is 6.00. The molecule has 1 N–H and O–H groups in total. The molecule has 0 saturated heterocycles. The van der Waals surface area contributed by atoms with Crippen LogP contribution in [0.1, 0.15) is 26.4 Å². The van der Waals surface area contributed by atoms with Crippen LogP contribution in [0.25, 0.3) is 0 Å². The van der Waals surface area contributed by atoms with Crippen LogP contribution in [0.15, 0.2) is 42.6 Å². The number of carbonyl (C=O) groups excluding carboxylic acids is 1. The highest BCUT2D eigenvalue weighted by molar-refractivity contribution is 6.06. The molecule has 0 bridgehead atoms. The van der Waals surface area contributed by atoms with Gasteiger partial charge in [0.2, 0.25) is 0 Å². The first-order chi connectivity index (χ1) is 10.0. The van der Waals surface area contributed by atoms with Crippen molar-refractivity contribution in [3.05, 3.63) is 59.4 Å². The van der Waals surface area contributed by atoms with Crippen molar-refractivity contribution in [1.82, 2.24) is 4.98 Å². The minimum absolute atomic E-state index is 0.186. The molecule has 2 rings (SSSR count). The Morgan fingerprint density at radius 2 is 1.90 bits per heavy atom. The number of nitrogens with zero attached hydrogens (tertiary/aromatic N) is 3. The molecule has 1 heterocycles. The summed E-state index contributed by atoms with van der Waals surface area (Å²) < 4.78 is 0. The number of aromatic carboxylic acids is 1. The van der Waals surface area contributed by atoms with Crippen molar-refractivity contribution in [1.29, 1.82) is 5.26 Å². The summed E-state index contributed by atoms with van der Waals surface area (Å²) in [7, 11) is 1.57. The van der Waals surface area contributed by atoms with Crippen molar-refractivity contribution >= 4 is 17.6 Å². The lowest BCUT2D eigenvalue weighted by molar-refractivity contribution is 0.0690. The number of pyridine rings is 1. The average Bonchev–Trinajstić information content (AvgIpc) is 2.53. The summed E-state index contributed by atoms with van der Waals surface area (Å²) >= 11 is 0. The van der Waals surface area contributed by atoms with Crippen molar-refractivity contribution in [2.45, 2.75) is 0 Å². The molecule has 6 heteroatoms. The molecule has 1 aromatic heterocycles. The maximum Gasteiger partial charge on any atom is 0.354 e. The number of anilines is 1. The fourth-order valence-electron chi connectivity index (χ4n) is 1.75. The van der Waals surface area contributed by atoms with Gasteiger partial charge in [0.15, 0.2) is 0 Å². The molecule has 0 saturated carbocycles. The molecular formula is C15H11N3O3. The topological polar surface area (TPSA) is 94.3 Å². The lowest BCUT2D eigenvalue weighted by atomic mass is 10.1. The molecule has 0 spiro atoms. The number of nitriles is 1. The Labute approximate surface area is 120 Å². The molecule has 1 amide bonds. The van der Waals surface area contributed by atoms with Gasteiger partial charge >= 0.3 is 5.97 Å². The van der Waals surface area contributed by atoms with E-state index in [-0.39, 0.29) is 17.2 Å². The number of hydrogen-bond acceptors (Lipinski definition) is 4. The summed E-state index contributed by atoms with van der Waals surface area (Å²) in [6.07, 6.45) is 1.28. The van der Waals surface area contributed by atoms with Crippen molar-refractivity contribution in [3.8, 4) is 6.07 Å². The van der Waals surface area contributed by atoms with E-state index in [1.54, 1.807) is 31.3 Å². The van der Waals surface area contributed by atoms with Crippen LogP contribution in [-0.2, 0) is 0 Å². The summed E-state index contributed by atoms with van der Waals surface area (Å²) in [6.45, 7) is 0. The van der Waals surface area contributed by atoms with E-state index in [1.165, 1.54) is 23.2 Å². The van der Waals surface area contributed by atoms with Crippen molar-refractivity contribution in [2.75, 3.05) is 11.9 Å². The highest BCUT2D eigenvalue weighted by Crippen LogP contribution is 2.16. The number of carbonyl (C=O) groups is 2. The molecule has 0 atom stereocenters. The summed E-state index contributed by atoms with van der Waals surface area (Å²) in [6, 6.07) is 11.2. The van der Waals surface area contributed by atoms with Gasteiger partial charge in [-0.25, -0.2) is 9.78 Å². The molecule has 0 aliphatic heterocycles. The first-order valence-corrected chi connectivity index (χ1v) is 6.00. The number of carboxylic acids is 1. The quantitative estimate of drug-likeness (QED) is 0.927. The zero-order valence-corrected chi connectivity index (χ0v) is 11.1. The van der Waals surface area contributed by atoms with Crippen molar-refractivity contribution in [3.63, 3.8) is 0 Å². The zero-order chi connectivity index (χ0) is 15.4. The minimum Gasteiger partial charge on any atom is -0.477 e. The zero-order valence-electron chi connectivity index (χ0n) is 11.1. The predicted molar refractivity (Wildman–Crippen MR) is 75.1 cm³/mol. The van der Waals surface area contributed by atoms with Gasteiger partial charge in [-0.2, -0.15) is 5.26 Å². The molecule has 0 aliphatic carbocycles. The Hall–Kier alpha value is -3.20. The van der Waals surface area contributed by atoms with Crippen LogP contribution in [0.3, 0.4) is 0 Å². The second-order valence-electron chi connectivity index (χ2n) is 4.26. The lowest BCUT2D eigenvalue weighted by Crippen LogP contribution is -2.26. The number of carboxylic acid groups (broad SMARTS) is 1. The van der Waals surface area contributed by atoms with Crippen LogP contribution in [0.4, 0.5) is 5.69 Å². The van der Waals surface area contributed by atoms with E-state index in [2.05, 4.69) is 4.98 Å². The third-order valence-electron chi connectivity index (χ3n) is 2.91. The lowest BCUT2D eigenvalue weighted by Gasteiger charge is -2.17. The Morgan fingerprint density at radius 3 is 2.48 bits per heavy atom. The predicted octanol–water partition coefficient (Wildman–Crippen LogP) is 1.93. The van der Waals surface area contributed by atoms with Gasteiger partial charge in [-0.05, 0) is 36.4 Å². The molecule has 21 heavy (non-hydrogen) atoms. The third kappa shape index (κ3) is 3.04. The molecule has 0 radical (unpaired) electrons. The Bertz CT molecular complexity index is 733. The van der Waals surface area contributed by atoms with Gasteiger partial charge < -0.3 is 10.0 Å². The number of amides is 1.